The van der Waals surface area contributed by atoms with Crippen molar-refractivity contribution in [3.05, 3.63) is 77.7 Å². The average molecular weight is 331 g/mol. The van der Waals surface area contributed by atoms with Crippen LogP contribution < -0.4 is 5.73 Å². The lowest BCUT2D eigenvalue weighted by Gasteiger charge is -2.00. The van der Waals surface area contributed by atoms with E-state index in [0.29, 0.717) is 28.0 Å². The quantitative estimate of drug-likeness (QED) is 0.561. The molecule has 0 saturated heterocycles. The van der Waals surface area contributed by atoms with Crippen molar-refractivity contribution in [2.24, 2.45) is 5.73 Å². The summed E-state index contributed by atoms with van der Waals surface area (Å²) in [4.78, 5) is 31.2. The maximum absolute atomic E-state index is 12.3. The van der Waals surface area contributed by atoms with E-state index < -0.39 is 5.91 Å². The molecule has 6 heteroatoms. The Morgan fingerprint density at radius 2 is 1.72 bits per heavy atom. The Morgan fingerprint density at radius 1 is 0.960 bits per heavy atom. The highest BCUT2D eigenvalue weighted by atomic mass is 16.3. The molecule has 0 atom stereocenters. The largest absolute Gasteiger partial charge is 0.472 e. The number of aromatic nitrogens is 2. The molecular formula is C19H13N3O3. The fourth-order valence-corrected chi connectivity index (χ4v) is 2.64. The highest BCUT2D eigenvalue weighted by Gasteiger charge is 2.12. The van der Waals surface area contributed by atoms with Crippen LogP contribution in [0.1, 0.15) is 26.3 Å². The van der Waals surface area contributed by atoms with Gasteiger partial charge >= 0.3 is 0 Å². The molecule has 4 aromatic rings. The van der Waals surface area contributed by atoms with Gasteiger partial charge in [0, 0.05) is 16.7 Å². The Bertz CT molecular complexity index is 1080. The molecule has 4 rings (SSSR count). The summed E-state index contributed by atoms with van der Waals surface area (Å²) in [6.07, 6.45) is 2.89. The summed E-state index contributed by atoms with van der Waals surface area (Å²) in [6, 6.07) is 13.8. The van der Waals surface area contributed by atoms with Gasteiger partial charge in [-0.2, -0.15) is 0 Å². The number of hydrogen-bond acceptors (Lipinski definition) is 4. The Labute approximate surface area is 142 Å². The van der Waals surface area contributed by atoms with E-state index in [4.69, 9.17) is 10.2 Å². The first-order chi connectivity index (χ1) is 12.1. The number of rotatable bonds is 4. The van der Waals surface area contributed by atoms with Crippen LogP contribution >= 0.6 is 0 Å². The summed E-state index contributed by atoms with van der Waals surface area (Å²) in [6.45, 7) is 0. The number of imidazole rings is 1. The third-order valence-electron chi connectivity index (χ3n) is 3.97. The summed E-state index contributed by atoms with van der Waals surface area (Å²) in [5.74, 6) is 0.0588. The molecule has 0 unspecified atom stereocenters. The lowest BCUT2D eigenvalue weighted by molar-refractivity contribution is 0.0998. The molecule has 3 N–H and O–H groups in total. The van der Waals surface area contributed by atoms with Crippen LogP contribution in [0, 0.1) is 0 Å². The summed E-state index contributed by atoms with van der Waals surface area (Å²) in [7, 11) is 0. The summed E-state index contributed by atoms with van der Waals surface area (Å²) in [5.41, 5.74) is 9.07. The van der Waals surface area contributed by atoms with Crippen LogP contribution in [0.3, 0.4) is 0 Å². The maximum Gasteiger partial charge on any atom is 0.248 e. The van der Waals surface area contributed by atoms with Crippen LogP contribution in [0.25, 0.3) is 22.4 Å². The van der Waals surface area contributed by atoms with Gasteiger partial charge in [0.15, 0.2) is 5.78 Å². The molecule has 2 aromatic heterocycles. The smallest absolute Gasteiger partial charge is 0.248 e. The molecule has 2 heterocycles. The number of aromatic amines is 1. The van der Waals surface area contributed by atoms with E-state index in [0.717, 1.165) is 11.1 Å². The third kappa shape index (κ3) is 2.70. The third-order valence-corrected chi connectivity index (χ3v) is 3.97. The second kappa shape index (κ2) is 5.76. The molecule has 122 valence electrons. The first-order valence-corrected chi connectivity index (χ1v) is 7.59. The van der Waals surface area contributed by atoms with Crippen LogP contribution in [0.5, 0.6) is 0 Å². The summed E-state index contributed by atoms with van der Waals surface area (Å²) >= 11 is 0. The zero-order chi connectivity index (χ0) is 17.4. The Balaban J connectivity index is 1.67. The zero-order valence-corrected chi connectivity index (χ0v) is 13.0. The van der Waals surface area contributed by atoms with Crippen LogP contribution in [0.4, 0.5) is 0 Å². The van der Waals surface area contributed by atoms with E-state index in [1.54, 1.807) is 36.4 Å². The summed E-state index contributed by atoms with van der Waals surface area (Å²) < 4.78 is 4.94. The molecule has 0 bridgehead atoms. The number of primary amides is 1. The van der Waals surface area contributed by atoms with Gasteiger partial charge in [-0.15, -0.1) is 0 Å². The van der Waals surface area contributed by atoms with Gasteiger partial charge < -0.3 is 15.1 Å². The normalized spacial score (nSPS) is 10.9. The van der Waals surface area contributed by atoms with Crippen molar-refractivity contribution < 1.29 is 14.0 Å². The minimum atomic E-state index is -0.492. The second-order valence-corrected chi connectivity index (χ2v) is 5.60. The monoisotopic (exact) mass is 331 g/mol. The minimum absolute atomic E-state index is 0.101. The molecule has 0 aliphatic heterocycles. The fraction of sp³-hybridized carbons (Fsp3) is 0. The molecule has 25 heavy (non-hydrogen) atoms. The molecule has 0 saturated carbocycles. The van der Waals surface area contributed by atoms with E-state index in [9.17, 15) is 9.59 Å². The first kappa shape index (κ1) is 14.9. The van der Waals surface area contributed by atoms with E-state index in [-0.39, 0.29) is 5.78 Å². The number of ketones is 1. The number of furan rings is 1. The number of nitrogens with one attached hydrogen (secondary N) is 1. The van der Waals surface area contributed by atoms with Crippen molar-refractivity contribution in [1.82, 2.24) is 9.97 Å². The number of nitrogens with two attached hydrogens (primary N) is 1. The number of hydrogen-bond donors (Lipinski definition) is 2. The van der Waals surface area contributed by atoms with Gasteiger partial charge in [0.2, 0.25) is 5.91 Å². The molecule has 0 radical (unpaired) electrons. The Morgan fingerprint density at radius 3 is 2.40 bits per heavy atom. The lowest BCUT2D eigenvalue weighted by Crippen LogP contribution is -2.10. The average Bonchev–Trinajstić information content (AvgIpc) is 3.30. The molecular weight excluding hydrogens is 318 g/mol. The summed E-state index contributed by atoms with van der Waals surface area (Å²) in [5, 5.41) is 0. The first-order valence-electron chi connectivity index (χ1n) is 7.59. The number of nitrogens with zero attached hydrogens (tertiary/aromatic N) is 1. The predicted octanol–water partition coefficient (Wildman–Crippen LogP) is 3.15. The minimum Gasteiger partial charge on any atom is -0.472 e. The topological polar surface area (TPSA) is 102 Å². The van der Waals surface area contributed by atoms with Gasteiger partial charge in [0.1, 0.15) is 12.1 Å². The number of benzene rings is 2. The van der Waals surface area contributed by atoms with Gasteiger partial charge in [0.05, 0.1) is 22.9 Å². The van der Waals surface area contributed by atoms with Gasteiger partial charge in [-0.3, -0.25) is 9.59 Å². The van der Waals surface area contributed by atoms with Crippen molar-refractivity contribution in [3.8, 4) is 11.4 Å². The van der Waals surface area contributed by atoms with E-state index >= 15 is 0 Å². The number of carbonyl (C=O) groups excluding carboxylic acids is 2. The van der Waals surface area contributed by atoms with Crippen molar-refractivity contribution in [3.63, 3.8) is 0 Å². The van der Waals surface area contributed by atoms with Gasteiger partial charge in [-0.05, 0) is 24.3 Å². The van der Waals surface area contributed by atoms with E-state index in [1.807, 2.05) is 12.1 Å². The fourth-order valence-electron chi connectivity index (χ4n) is 2.64. The molecule has 0 spiro atoms. The van der Waals surface area contributed by atoms with Crippen molar-refractivity contribution in [1.29, 1.82) is 0 Å². The maximum atomic E-state index is 12.3. The van der Waals surface area contributed by atoms with Gasteiger partial charge in [-0.25, -0.2) is 4.98 Å². The zero-order valence-electron chi connectivity index (χ0n) is 13.0. The Hall–Kier alpha value is -3.67. The van der Waals surface area contributed by atoms with Crippen LogP contribution in [-0.2, 0) is 0 Å². The van der Waals surface area contributed by atoms with E-state index in [2.05, 4.69) is 9.97 Å². The van der Waals surface area contributed by atoms with Crippen LogP contribution in [0.15, 0.2) is 65.5 Å². The number of H-pyrrole nitrogens is 1. The molecule has 1 amide bonds. The standard InChI is InChI=1S/C19H13N3O3/c20-18(24)13-5-6-15-16(9-13)22-19(21-15)12-3-1-11(2-4-12)17(23)14-7-8-25-10-14/h1-10H,(H2,20,24)(H,21,22). The van der Waals surface area contributed by atoms with Crippen LogP contribution in [-0.4, -0.2) is 21.7 Å². The van der Waals surface area contributed by atoms with Gasteiger partial charge in [0.25, 0.3) is 0 Å². The van der Waals surface area contributed by atoms with Crippen molar-refractivity contribution in [2.75, 3.05) is 0 Å². The van der Waals surface area contributed by atoms with E-state index in [1.165, 1.54) is 12.5 Å². The molecule has 2 aromatic carbocycles. The highest BCUT2D eigenvalue weighted by Crippen LogP contribution is 2.22. The lowest BCUT2D eigenvalue weighted by atomic mass is 10.0. The Kier molecular flexibility index (Phi) is 3.43. The highest BCUT2D eigenvalue weighted by molar-refractivity contribution is 6.08. The molecule has 6 nitrogen and oxygen atoms in total. The second-order valence-electron chi connectivity index (χ2n) is 5.60. The van der Waals surface area contributed by atoms with Gasteiger partial charge in [-0.1, -0.05) is 24.3 Å². The molecule has 0 aliphatic rings. The van der Waals surface area contributed by atoms with Crippen molar-refractivity contribution >= 4 is 22.7 Å². The number of fused-ring (bicyclic) bond motifs is 1. The number of amides is 1. The van der Waals surface area contributed by atoms with Crippen LogP contribution in [0.2, 0.25) is 0 Å². The predicted molar refractivity (Wildman–Crippen MR) is 92.2 cm³/mol. The number of carbonyl (C=O) groups is 2. The SMILES string of the molecule is NC(=O)c1ccc2[nH]c(-c3ccc(C(=O)c4ccoc4)cc3)nc2c1. The molecule has 0 aliphatic carbocycles. The van der Waals surface area contributed by atoms with Crippen molar-refractivity contribution in [2.45, 2.75) is 0 Å². The molecule has 0 fully saturated rings.